The van der Waals surface area contributed by atoms with Crippen molar-refractivity contribution in [3.05, 3.63) is 0 Å². The first-order valence-electron chi connectivity index (χ1n) is 27.5. The summed E-state index contributed by atoms with van der Waals surface area (Å²) in [4.78, 5) is 49.7. The third-order valence-electron chi connectivity index (χ3n) is 12.8. The summed E-state index contributed by atoms with van der Waals surface area (Å²) < 4.78 is 37.1. The quantitative estimate of drug-likeness (QED) is 0.0587. The second kappa shape index (κ2) is 40.2. The molecule has 1 N–H and O–H groups in total. The SMILES string of the molecule is CCCCCCCCCCCCC(C)[Si](C)(O[Si](C)(C)C)O[Si](C)(O[Si](C)(CCCN(CCNC(=O)CCC(=O)[O-])C(=O)CCC(=O)[O-])O[Si](C)(C)O[Si](C)(C)C)C(C)CCCCCCCCCC.[Na+].[Na+]. The number of amides is 2. The number of hydrogen-bond acceptors (Lipinski definition) is 11. The Hall–Kier alpha value is 0.981. The molecular weight excluding hydrogens is 1020 g/mol. The number of hydrogen-bond donors (Lipinski definition) is 1. The van der Waals surface area contributed by atoms with Gasteiger partial charge < -0.3 is 50.6 Å². The van der Waals surface area contributed by atoms with Crippen molar-refractivity contribution < 1.29 is 109 Å². The van der Waals surface area contributed by atoms with Gasteiger partial charge in [-0.3, -0.25) is 9.59 Å². The van der Waals surface area contributed by atoms with Crippen molar-refractivity contribution in [2.75, 3.05) is 19.6 Å². The second-order valence-corrected chi connectivity index (χ2v) is 47.0. The van der Waals surface area contributed by atoms with Gasteiger partial charge in [0.25, 0.3) is 0 Å². The number of carboxylic acids is 2. The smallest absolute Gasteiger partial charge is 0.550 e. The third-order valence-corrected chi connectivity index (χ3v) is 37.0. The van der Waals surface area contributed by atoms with Gasteiger partial charge in [0.2, 0.25) is 11.8 Å². The summed E-state index contributed by atoms with van der Waals surface area (Å²) in [6, 6.07) is 0.526. The zero-order valence-electron chi connectivity index (χ0n) is 49.1. The molecule has 5 unspecified atom stereocenters. The van der Waals surface area contributed by atoms with Crippen LogP contribution in [0.3, 0.4) is 0 Å². The van der Waals surface area contributed by atoms with Crippen molar-refractivity contribution in [2.45, 2.75) is 277 Å². The van der Waals surface area contributed by atoms with E-state index in [2.05, 4.69) is 105 Å². The van der Waals surface area contributed by atoms with Gasteiger partial charge in [-0.05, 0) is 121 Å². The van der Waals surface area contributed by atoms with Crippen LogP contribution in [-0.4, -0.2) is 99.2 Å². The fourth-order valence-electron chi connectivity index (χ4n) is 9.28. The van der Waals surface area contributed by atoms with E-state index < -0.39 is 81.6 Å². The summed E-state index contributed by atoms with van der Waals surface area (Å²) in [5.41, 5.74) is 0.390. The Morgan fingerprint density at radius 3 is 1.28 bits per heavy atom. The van der Waals surface area contributed by atoms with Crippen molar-refractivity contribution in [3.63, 3.8) is 0 Å². The fraction of sp³-hybridized carbons (Fsp3) is 0.920. The Labute approximate surface area is 486 Å². The Balaban J connectivity index is -0.0000231. The van der Waals surface area contributed by atoms with Crippen molar-refractivity contribution in [3.8, 4) is 0 Å². The Morgan fingerprint density at radius 2 is 0.873 bits per heavy atom. The molecule has 13 nitrogen and oxygen atoms in total. The molecule has 0 heterocycles. The fourth-order valence-corrected chi connectivity index (χ4v) is 39.3. The summed E-state index contributed by atoms with van der Waals surface area (Å²) in [5.74, 6) is -3.46. The van der Waals surface area contributed by atoms with E-state index in [4.69, 9.17) is 20.6 Å². The van der Waals surface area contributed by atoms with E-state index in [0.717, 1.165) is 25.7 Å². The van der Waals surface area contributed by atoms with E-state index in [1.165, 1.54) is 103 Å². The van der Waals surface area contributed by atoms with E-state index in [0.29, 0.717) is 12.5 Å². The van der Waals surface area contributed by atoms with Gasteiger partial charge in [-0.15, -0.1) is 0 Å². The molecule has 0 aromatic heterocycles. The van der Waals surface area contributed by atoms with Crippen LogP contribution in [0, 0.1) is 0 Å². The number of carbonyl (C=O) groups is 4. The maximum Gasteiger partial charge on any atom is 1.00 e. The monoisotopic (exact) mass is 1120 g/mol. The van der Waals surface area contributed by atoms with Crippen LogP contribution in [-0.2, 0) is 39.8 Å². The first-order chi connectivity index (χ1) is 32.0. The first kappa shape index (κ1) is 76.2. The molecule has 0 saturated carbocycles. The Morgan fingerprint density at radius 1 is 0.479 bits per heavy atom. The van der Waals surface area contributed by atoms with Crippen LogP contribution in [0.15, 0.2) is 0 Å². The third kappa shape index (κ3) is 39.9. The van der Waals surface area contributed by atoms with E-state index in [9.17, 15) is 29.4 Å². The van der Waals surface area contributed by atoms with Crippen molar-refractivity contribution >= 4 is 74.6 Å². The van der Waals surface area contributed by atoms with Crippen LogP contribution < -0.4 is 74.6 Å². The van der Waals surface area contributed by atoms with Crippen molar-refractivity contribution in [1.82, 2.24) is 10.2 Å². The van der Waals surface area contributed by atoms with E-state index >= 15 is 0 Å². The molecule has 5 atom stereocenters. The van der Waals surface area contributed by atoms with Gasteiger partial charge in [0.15, 0.2) is 16.6 Å². The predicted molar refractivity (Wildman–Crippen MR) is 294 cm³/mol. The predicted octanol–water partition coefficient (Wildman–Crippen LogP) is 5.68. The van der Waals surface area contributed by atoms with E-state index in [1.807, 2.05) is 0 Å². The molecule has 0 bridgehead atoms. The normalized spacial score (nSPS) is 15.5. The molecule has 0 aromatic carbocycles. The summed E-state index contributed by atoms with van der Waals surface area (Å²) in [7, 11) is -16.2. The summed E-state index contributed by atoms with van der Waals surface area (Å²) >= 11 is 0. The molecule has 0 aromatic rings. The number of nitrogens with zero attached hydrogens (tertiary/aromatic N) is 1. The number of aliphatic carboxylic acids is 2. The van der Waals surface area contributed by atoms with Crippen LogP contribution >= 0.6 is 0 Å². The molecule has 0 aliphatic carbocycles. The summed E-state index contributed by atoms with van der Waals surface area (Å²) in [6.07, 6.45) is 24.0. The average molecular weight is 1130 g/mol. The number of unbranched alkanes of at least 4 members (excludes halogenated alkanes) is 16. The second-order valence-electron chi connectivity index (χ2n) is 22.9. The van der Waals surface area contributed by atoms with Crippen LogP contribution in [0.25, 0.3) is 0 Å². The maximum atomic E-state index is 13.5. The van der Waals surface area contributed by atoms with Gasteiger partial charge in [0.05, 0.1) is 0 Å². The molecule has 0 rings (SSSR count). The molecule has 71 heavy (non-hydrogen) atoms. The number of rotatable bonds is 45. The van der Waals surface area contributed by atoms with Gasteiger partial charge in [-0.25, -0.2) is 0 Å². The zero-order valence-corrected chi connectivity index (χ0v) is 59.1. The van der Waals surface area contributed by atoms with Crippen LogP contribution in [0.2, 0.25) is 89.1 Å². The number of carboxylic acid groups (broad SMARTS) is 2. The molecular formula is C50H106N2Na2O11Si6. The van der Waals surface area contributed by atoms with Gasteiger partial charge >= 0.3 is 93.4 Å². The average Bonchev–Trinajstić information content (AvgIpc) is 3.20. The minimum atomic E-state index is -3.21. The van der Waals surface area contributed by atoms with Crippen LogP contribution in [0.1, 0.15) is 188 Å². The van der Waals surface area contributed by atoms with Gasteiger partial charge in [-0.2, -0.15) is 0 Å². The van der Waals surface area contributed by atoms with Gasteiger partial charge in [0.1, 0.15) is 0 Å². The van der Waals surface area contributed by atoms with Crippen molar-refractivity contribution in [2.24, 2.45) is 0 Å². The van der Waals surface area contributed by atoms with Gasteiger partial charge in [0, 0.05) is 44.4 Å². The Kier molecular flexibility index (Phi) is 43.2. The maximum absolute atomic E-state index is 13.5. The van der Waals surface area contributed by atoms with Crippen molar-refractivity contribution in [1.29, 1.82) is 0 Å². The van der Waals surface area contributed by atoms with Gasteiger partial charge in [-0.1, -0.05) is 143 Å². The molecule has 0 aliphatic rings. The van der Waals surface area contributed by atoms with E-state index in [-0.39, 0.29) is 109 Å². The standard InChI is InChI=1S/C50H108N2O11Si6.2Na/c1-16-18-20-22-24-26-27-29-31-32-35-45(3)68(14,60-65(8,9)10)63-69(15,46(4)36-33-30-28-25-23-21-19-17-2)62-67(13,61-66(11,12)59-64(5,6)7)44-34-42-52(48(54)38-40-50(57)58)43-41-51-47(53)37-39-49(55)56;;/h45-46H,16-44H2,1-15H3,(H,51,53)(H,55,56)(H,57,58);;/q;2*+1/p-2. The number of nitrogens with one attached hydrogen (secondary N) is 1. The molecule has 0 aliphatic heterocycles. The van der Waals surface area contributed by atoms with E-state index in [1.54, 1.807) is 4.90 Å². The molecule has 0 radical (unpaired) electrons. The molecule has 2 amide bonds. The molecule has 21 heteroatoms. The minimum Gasteiger partial charge on any atom is -0.550 e. The number of carbonyl (C=O) groups excluding carboxylic acids is 4. The topological polar surface area (TPSA) is 176 Å². The molecule has 0 saturated heterocycles. The largest absolute Gasteiger partial charge is 1.00 e. The molecule has 408 valence electrons. The molecule has 0 spiro atoms. The van der Waals surface area contributed by atoms with Crippen LogP contribution in [0.4, 0.5) is 0 Å². The first-order valence-corrected chi connectivity index (χ1v) is 44.4. The molecule has 0 fully saturated rings. The summed E-state index contributed by atoms with van der Waals surface area (Å²) in [5, 5.41) is 25.0. The Bertz CT molecular complexity index is 1450. The zero-order chi connectivity index (χ0) is 52.8. The minimum absolute atomic E-state index is 0. The summed E-state index contributed by atoms with van der Waals surface area (Å²) in [6.45, 7) is 33.9. The van der Waals surface area contributed by atoms with Crippen LogP contribution in [0.5, 0.6) is 0 Å².